The maximum atomic E-state index is 5.70. The largest absolute Gasteiger partial charge is 0.420 e. The summed E-state index contributed by atoms with van der Waals surface area (Å²) >= 11 is 0. The Hall–Kier alpha value is -0.0831. The number of hydrogen-bond acceptors (Lipinski definition) is 1. The first-order valence-electron chi connectivity index (χ1n) is 6.24. The van der Waals surface area contributed by atoms with E-state index < -0.39 is 8.32 Å². The molecule has 0 aromatic rings. The van der Waals surface area contributed by atoms with Gasteiger partial charge in [-0.1, -0.05) is 45.1 Å². The van der Waals surface area contributed by atoms with Gasteiger partial charge in [-0.2, -0.15) is 0 Å². The molecule has 15 heavy (non-hydrogen) atoms. The molecular formula is C13H28OSi. The zero-order valence-electron chi connectivity index (χ0n) is 11.0. The fourth-order valence-corrected chi connectivity index (χ4v) is 3.90. The number of allylic oxidation sites excluding steroid dienone is 1. The van der Waals surface area contributed by atoms with E-state index >= 15 is 0 Å². The molecule has 0 saturated carbocycles. The van der Waals surface area contributed by atoms with Crippen molar-refractivity contribution in [3.63, 3.8) is 0 Å². The van der Waals surface area contributed by atoms with Crippen LogP contribution in [0.25, 0.3) is 0 Å². The second-order valence-electron chi connectivity index (χ2n) is 4.88. The van der Waals surface area contributed by atoms with Crippen LogP contribution < -0.4 is 0 Å². The van der Waals surface area contributed by atoms with Gasteiger partial charge < -0.3 is 4.43 Å². The van der Waals surface area contributed by atoms with Gasteiger partial charge in [-0.25, -0.2) is 0 Å². The lowest BCUT2D eigenvalue weighted by Crippen LogP contribution is -2.35. The van der Waals surface area contributed by atoms with E-state index in [1.54, 1.807) is 0 Å². The summed E-state index contributed by atoms with van der Waals surface area (Å²) in [6.07, 6.45) is 9.91. The van der Waals surface area contributed by atoms with E-state index in [4.69, 9.17) is 4.43 Å². The van der Waals surface area contributed by atoms with Gasteiger partial charge in [0.25, 0.3) is 0 Å². The van der Waals surface area contributed by atoms with Crippen molar-refractivity contribution in [3.8, 4) is 0 Å². The number of hydrogen-bond donors (Lipinski definition) is 0. The van der Waals surface area contributed by atoms with Gasteiger partial charge in [0, 0.05) is 7.11 Å². The second kappa shape index (κ2) is 8.11. The van der Waals surface area contributed by atoms with E-state index in [-0.39, 0.29) is 0 Å². The fourth-order valence-electron chi connectivity index (χ4n) is 1.93. The van der Waals surface area contributed by atoms with Crippen molar-refractivity contribution in [1.82, 2.24) is 0 Å². The Kier molecular flexibility index (Phi) is 8.07. The third-order valence-corrected chi connectivity index (χ3v) is 6.91. The fraction of sp³-hybridized carbons (Fsp3) is 0.846. The Balaban J connectivity index is 3.98. The van der Waals surface area contributed by atoms with Crippen LogP contribution in [0.5, 0.6) is 0 Å². The molecule has 0 aliphatic carbocycles. The molecule has 0 aliphatic heterocycles. The summed E-state index contributed by atoms with van der Waals surface area (Å²) in [5.74, 6) is 0. The maximum Gasteiger partial charge on any atom is 0.189 e. The Morgan fingerprint density at radius 3 is 2.40 bits per heavy atom. The van der Waals surface area contributed by atoms with E-state index in [1.165, 1.54) is 32.1 Å². The zero-order valence-corrected chi connectivity index (χ0v) is 12.0. The van der Waals surface area contributed by atoms with Crippen LogP contribution >= 0.6 is 0 Å². The summed E-state index contributed by atoms with van der Waals surface area (Å²) in [7, 11) is 0.410. The number of unbranched alkanes of at least 4 members (excludes halogenated alkanes) is 3. The van der Waals surface area contributed by atoms with E-state index in [0.29, 0.717) is 0 Å². The van der Waals surface area contributed by atoms with Gasteiger partial charge in [0.15, 0.2) is 8.32 Å². The smallest absolute Gasteiger partial charge is 0.189 e. The molecule has 0 amide bonds. The molecule has 0 aromatic carbocycles. The highest BCUT2D eigenvalue weighted by atomic mass is 28.4. The lowest BCUT2D eigenvalue weighted by atomic mass is 10.1. The van der Waals surface area contributed by atoms with Crippen LogP contribution in [-0.4, -0.2) is 15.4 Å². The van der Waals surface area contributed by atoms with Gasteiger partial charge >= 0.3 is 0 Å². The molecule has 90 valence electrons. The minimum Gasteiger partial charge on any atom is -0.420 e. The molecule has 0 spiro atoms. The summed E-state index contributed by atoms with van der Waals surface area (Å²) in [5.41, 5.74) is 0.747. The highest BCUT2D eigenvalue weighted by Gasteiger charge is 2.30. The van der Waals surface area contributed by atoms with Gasteiger partial charge in [0.1, 0.15) is 0 Å². The molecule has 0 aromatic heterocycles. The van der Waals surface area contributed by atoms with Crippen LogP contribution in [0.2, 0.25) is 18.6 Å². The van der Waals surface area contributed by atoms with Crippen LogP contribution in [0.3, 0.4) is 0 Å². The predicted octanol–water partition coefficient (Wildman–Crippen LogP) is 4.75. The quantitative estimate of drug-likeness (QED) is 0.314. The molecule has 0 N–H and O–H groups in total. The molecule has 1 nitrogen and oxygen atoms in total. The molecule has 0 bridgehead atoms. The van der Waals surface area contributed by atoms with Crippen molar-refractivity contribution in [2.75, 3.05) is 7.11 Å². The normalized spacial score (nSPS) is 13.9. The summed E-state index contributed by atoms with van der Waals surface area (Å²) in [5, 5.41) is 0. The molecule has 2 heteroatoms. The molecule has 0 radical (unpaired) electrons. The minimum atomic E-state index is -1.46. The topological polar surface area (TPSA) is 9.23 Å². The first kappa shape index (κ1) is 14.9. The summed E-state index contributed by atoms with van der Waals surface area (Å²) in [6.45, 7) is 10.8. The lowest BCUT2D eigenvalue weighted by molar-refractivity contribution is 0.382. The first-order valence-corrected chi connectivity index (χ1v) is 9.23. The van der Waals surface area contributed by atoms with Crippen LogP contribution in [0.4, 0.5) is 0 Å². The minimum absolute atomic E-state index is 0.747. The van der Waals surface area contributed by atoms with Crippen molar-refractivity contribution >= 4 is 8.32 Å². The van der Waals surface area contributed by atoms with E-state index in [0.717, 1.165) is 12.0 Å². The third kappa shape index (κ3) is 6.16. The van der Waals surface area contributed by atoms with Gasteiger partial charge in [-0.05, 0) is 25.1 Å². The number of rotatable bonds is 9. The monoisotopic (exact) mass is 228 g/mol. The zero-order chi connectivity index (χ0) is 11.7. The van der Waals surface area contributed by atoms with Crippen LogP contribution in [0, 0.1) is 0 Å². The highest BCUT2D eigenvalue weighted by Crippen LogP contribution is 2.31. The van der Waals surface area contributed by atoms with Crippen molar-refractivity contribution in [2.24, 2.45) is 0 Å². The van der Waals surface area contributed by atoms with Crippen molar-refractivity contribution in [1.29, 1.82) is 0 Å². The van der Waals surface area contributed by atoms with Gasteiger partial charge in [0.05, 0.1) is 0 Å². The maximum absolute atomic E-state index is 5.70. The molecule has 0 fully saturated rings. The average molecular weight is 228 g/mol. The van der Waals surface area contributed by atoms with Crippen molar-refractivity contribution in [3.05, 3.63) is 12.7 Å². The Morgan fingerprint density at radius 2 is 1.93 bits per heavy atom. The van der Waals surface area contributed by atoms with Crippen LogP contribution in [0.15, 0.2) is 12.7 Å². The molecular weight excluding hydrogens is 200 g/mol. The highest BCUT2D eigenvalue weighted by molar-refractivity contribution is 6.72. The van der Waals surface area contributed by atoms with Crippen LogP contribution in [-0.2, 0) is 4.43 Å². The third-order valence-electron chi connectivity index (χ3n) is 3.37. The van der Waals surface area contributed by atoms with Gasteiger partial charge in [-0.3, -0.25) is 0 Å². The van der Waals surface area contributed by atoms with E-state index in [9.17, 15) is 0 Å². The summed E-state index contributed by atoms with van der Waals surface area (Å²) in [4.78, 5) is 0. The van der Waals surface area contributed by atoms with E-state index in [2.05, 4.69) is 32.7 Å². The summed E-state index contributed by atoms with van der Waals surface area (Å²) < 4.78 is 5.70. The SMILES string of the molecule is C=CCC(CCCCCC)[Si](C)(C)OC. The summed E-state index contributed by atoms with van der Waals surface area (Å²) in [6, 6.07) is 0. The predicted molar refractivity (Wildman–Crippen MR) is 71.8 cm³/mol. The Bertz CT molecular complexity index is 166. The molecule has 0 heterocycles. The lowest BCUT2D eigenvalue weighted by Gasteiger charge is -2.30. The van der Waals surface area contributed by atoms with E-state index in [1.807, 2.05) is 7.11 Å². The van der Waals surface area contributed by atoms with Crippen LogP contribution in [0.1, 0.15) is 45.4 Å². The standard InChI is InChI=1S/C13H28OSi/c1-6-8-9-10-12-13(11-7-2)15(4,5)14-3/h7,13H,2,6,8-12H2,1,3-5H3. The molecule has 1 unspecified atom stereocenters. The molecule has 1 atom stereocenters. The van der Waals surface area contributed by atoms with Crippen molar-refractivity contribution < 1.29 is 4.43 Å². The Labute approximate surface area is 97.0 Å². The van der Waals surface area contributed by atoms with Gasteiger partial charge in [-0.15, -0.1) is 6.58 Å². The molecule has 0 rings (SSSR count). The van der Waals surface area contributed by atoms with Crippen molar-refractivity contribution in [2.45, 2.75) is 64.1 Å². The van der Waals surface area contributed by atoms with Gasteiger partial charge in [0.2, 0.25) is 0 Å². The Morgan fingerprint density at radius 1 is 1.27 bits per heavy atom. The molecule has 0 saturated heterocycles. The average Bonchev–Trinajstić information content (AvgIpc) is 2.22. The second-order valence-corrected chi connectivity index (χ2v) is 9.31. The first-order chi connectivity index (χ1) is 7.08. The molecule has 0 aliphatic rings.